The van der Waals surface area contributed by atoms with E-state index in [-0.39, 0.29) is 0 Å². The predicted molar refractivity (Wildman–Crippen MR) is 80.7 cm³/mol. The van der Waals surface area contributed by atoms with E-state index < -0.39 is 6.10 Å². The lowest BCUT2D eigenvalue weighted by atomic mass is 9.94. The van der Waals surface area contributed by atoms with Gasteiger partial charge in [0, 0.05) is 4.47 Å². The number of aliphatic hydroxyl groups excluding tert-OH is 1. The van der Waals surface area contributed by atoms with Crippen LogP contribution in [0.2, 0.25) is 0 Å². The summed E-state index contributed by atoms with van der Waals surface area (Å²) in [6, 6.07) is 11.7. The lowest BCUT2D eigenvalue weighted by Crippen LogP contribution is -2.04. The van der Waals surface area contributed by atoms with E-state index in [2.05, 4.69) is 15.9 Å². The molecule has 0 radical (unpaired) electrons. The molecule has 0 bridgehead atoms. The fraction of sp³-hybridized carbons (Fsp3) is 0.250. The number of rotatable bonds is 3. The zero-order chi connectivity index (χ0) is 14.0. The van der Waals surface area contributed by atoms with Gasteiger partial charge in [0.2, 0.25) is 0 Å². The van der Waals surface area contributed by atoms with Gasteiger partial charge in [-0.1, -0.05) is 28.1 Å². The van der Waals surface area contributed by atoms with Crippen molar-refractivity contribution in [3.05, 3.63) is 63.1 Å². The Morgan fingerprint density at radius 3 is 2.37 bits per heavy atom. The Morgan fingerprint density at radius 2 is 1.74 bits per heavy atom. The second kappa shape index (κ2) is 5.76. The second-order valence-electron chi connectivity index (χ2n) is 4.63. The molecule has 0 amide bonds. The van der Waals surface area contributed by atoms with Crippen LogP contribution in [0.15, 0.2) is 40.9 Å². The van der Waals surface area contributed by atoms with E-state index in [9.17, 15) is 5.11 Å². The van der Waals surface area contributed by atoms with Crippen molar-refractivity contribution in [3.63, 3.8) is 0 Å². The molecule has 0 saturated carbocycles. The average molecular weight is 321 g/mol. The van der Waals surface area contributed by atoms with Crippen molar-refractivity contribution >= 4 is 15.9 Å². The van der Waals surface area contributed by atoms with E-state index in [1.807, 2.05) is 50.2 Å². The molecular weight excluding hydrogens is 304 g/mol. The Hall–Kier alpha value is -1.32. The van der Waals surface area contributed by atoms with Crippen LogP contribution in [0.5, 0.6) is 5.75 Å². The van der Waals surface area contributed by atoms with Crippen LogP contribution < -0.4 is 4.74 Å². The molecule has 2 aromatic rings. The van der Waals surface area contributed by atoms with Crippen molar-refractivity contribution in [3.8, 4) is 5.75 Å². The van der Waals surface area contributed by atoms with Gasteiger partial charge in [0.1, 0.15) is 11.9 Å². The average Bonchev–Trinajstić information content (AvgIpc) is 2.40. The monoisotopic (exact) mass is 320 g/mol. The maximum Gasteiger partial charge on any atom is 0.119 e. The summed E-state index contributed by atoms with van der Waals surface area (Å²) in [4.78, 5) is 0. The Labute approximate surface area is 122 Å². The summed E-state index contributed by atoms with van der Waals surface area (Å²) in [7, 11) is 1.64. The van der Waals surface area contributed by atoms with Crippen molar-refractivity contribution in [2.75, 3.05) is 7.11 Å². The summed E-state index contributed by atoms with van der Waals surface area (Å²) >= 11 is 3.45. The molecule has 0 fully saturated rings. The maximum absolute atomic E-state index is 10.6. The lowest BCUT2D eigenvalue weighted by molar-refractivity contribution is 0.218. The third-order valence-electron chi connectivity index (χ3n) is 3.31. The Balaban J connectivity index is 2.43. The molecule has 0 aromatic heterocycles. The smallest absolute Gasteiger partial charge is 0.119 e. The van der Waals surface area contributed by atoms with E-state index in [1.165, 1.54) is 0 Å². The normalized spacial score (nSPS) is 12.3. The number of aryl methyl sites for hydroxylation is 2. The predicted octanol–water partition coefficient (Wildman–Crippen LogP) is 4.16. The lowest BCUT2D eigenvalue weighted by Gasteiger charge is -2.17. The summed E-state index contributed by atoms with van der Waals surface area (Å²) < 4.78 is 6.16. The fourth-order valence-electron chi connectivity index (χ4n) is 2.16. The first-order valence-corrected chi connectivity index (χ1v) is 6.91. The number of aliphatic hydroxyl groups is 1. The molecule has 0 aliphatic rings. The van der Waals surface area contributed by atoms with Gasteiger partial charge in [-0.15, -0.1) is 0 Å². The second-order valence-corrected chi connectivity index (χ2v) is 5.54. The summed E-state index contributed by atoms with van der Waals surface area (Å²) in [6.45, 7) is 3.98. The molecule has 0 aliphatic carbocycles. The Kier molecular flexibility index (Phi) is 4.27. The summed E-state index contributed by atoms with van der Waals surface area (Å²) in [5.74, 6) is 0.805. The van der Waals surface area contributed by atoms with Gasteiger partial charge in [0.25, 0.3) is 0 Å². The highest BCUT2D eigenvalue weighted by Crippen LogP contribution is 2.30. The number of halogens is 1. The number of benzene rings is 2. The van der Waals surface area contributed by atoms with Gasteiger partial charge < -0.3 is 9.84 Å². The minimum atomic E-state index is -0.622. The van der Waals surface area contributed by atoms with Crippen LogP contribution in [0, 0.1) is 13.8 Å². The summed E-state index contributed by atoms with van der Waals surface area (Å²) in [5.41, 5.74) is 3.92. The van der Waals surface area contributed by atoms with Crippen molar-refractivity contribution in [1.82, 2.24) is 0 Å². The van der Waals surface area contributed by atoms with Crippen LogP contribution in [0.3, 0.4) is 0 Å². The number of hydrogen-bond donors (Lipinski definition) is 1. The molecule has 1 atom stereocenters. The van der Waals surface area contributed by atoms with E-state index in [0.717, 1.165) is 32.5 Å². The first-order chi connectivity index (χ1) is 9.02. The minimum absolute atomic E-state index is 0.622. The molecule has 0 aliphatic heterocycles. The van der Waals surface area contributed by atoms with Crippen molar-refractivity contribution in [2.45, 2.75) is 20.0 Å². The number of ether oxygens (including phenoxy) is 1. The molecule has 0 saturated heterocycles. The zero-order valence-corrected chi connectivity index (χ0v) is 12.9. The highest BCUT2D eigenvalue weighted by Gasteiger charge is 2.15. The van der Waals surface area contributed by atoms with Gasteiger partial charge in [-0.2, -0.15) is 0 Å². The van der Waals surface area contributed by atoms with Crippen LogP contribution >= 0.6 is 15.9 Å². The molecule has 0 spiro atoms. The van der Waals surface area contributed by atoms with Gasteiger partial charge in [0.15, 0.2) is 0 Å². The summed E-state index contributed by atoms with van der Waals surface area (Å²) in [6.07, 6.45) is -0.622. The molecule has 19 heavy (non-hydrogen) atoms. The highest BCUT2D eigenvalue weighted by molar-refractivity contribution is 9.10. The molecule has 2 aromatic carbocycles. The molecule has 2 nitrogen and oxygen atoms in total. The Morgan fingerprint density at radius 1 is 1.00 bits per heavy atom. The fourth-order valence-corrected chi connectivity index (χ4v) is 2.53. The third-order valence-corrected chi connectivity index (χ3v) is 3.80. The van der Waals surface area contributed by atoms with Crippen LogP contribution in [0.25, 0.3) is 0 Å². The third kappa shape index (κ3) is 2.99. The number of hydrogen-bond acceptors (Lipinski definition) is 2. The van der Waals surface area contributed by atoms with Gasteiger partial charge >= 0.3 is 0 Å². The van der Waals surface area contributed by atoms with Crippen LogP contribution in [-0.4, -0.2) is 12.2 Å². The van der Waals surface area contributed by atoms with E-state index in [0.29, 0.717) is 0 Å². The molecule has 1 N–H and O–H groups in total. The molecule has 0 heterocycles. The number of methoxy groups -OCH3 is 1. The van der Waals surface area contributed by atoms with Gasteiger partial charge in [0.05, 0.1) is 7.11 Å². The van der Waals surface area contributed by atoms with Crippen molar-refractivity contribution < 1.29 is 9.84 Å². The van der Waals surface area contributed by atoms with Crippen LogP contribution in [-0.2, 0) is 0 Å². The van der Waals surface area contributed by atoms with Gasteiger partial charge in [-0.25, -0.2) is 0 Å². The largest absolute Gasteiger partial charge is 0.497 e. The van der Waals surface area contributed by atoms with Crippen LogP contribution in [0.1, 0.15) is 28.4 Å². The first-order valence-electron chi connectivity index (χ1n) is 6.11. The maximum atomic E-state index is 10.6. The van der Waals surface area contributed by atoms with Crippen molar-refractivity contribution in [1.29, 1.82) is 0 Å². The topological polar surface area (TPSA) is 29.5 Å². The zero-order valence-electron chi connectivity index (χ0n) is 11.3. The molecule has 100 valence electrons. The van der Waals surface area contributed by atoms with Gasteiger partial charge in [-0.05, 0) is 60.4 Å². The SMILES string of the molecule is COc1ccc(C(O)c2cc(Br)ccc2C)c(C)c1. The molecule has 2 rings (SSSR count). The highest BCUT2D eigenvalue weighted by atomic mass is 79.9. The van der Waals surface area contributed by atoms with E-state index in [1.54, 1.807) is 7.11 Å². The summed E-state index contributed by atoms with van der Waals surface area (Å²) in [5, 5.41) is 10.6. The Bertz CT molecular complexity index is 593. The van der Waals surface area contributed by atoms with Crippen molar-refractivity contribution in [2.24, 2.45) is 0 Å². The quantitative estimate of drug-likeness (QED) is 0.920. The minimum Gasteiger partial charge on any atom is -0.497 e. The van der Waals surface area contributed by atoms with Gasteiger partial charge in [-0.3, -0.25) is 0 Å². The molecular formula is C16H17BrO2. The molecule has 1 unspecified atom stereocenters. The van der Waals surface area contributed by atoms with E-state index >= 15 is 0 Å². The van der Waals surface area contributed by atoms with E-state index in [4.69, 9.17) is 4.74 Å². The van der Waals surface area contributed by atoms with Crippen LogP contribution in [0.4, 0.5) is 0 Å². The standard InChI is InChI=1S/C16H17BrO2/c1-10-4-5-12(17)9-15(10)16(18)14-7-6-13(19-3)8-11(14)2/h4-9,16,18H,1-3H3. The first kappa shape index (κ1) is 14.1. The molecule has 3 heteroatoms.